The number of hydrogen-bond donors (Lipinski definition) is 2. The Kier molecular flexibility index (Phi) is 3.74. The summed E-state index contributed by atoms with van der Waals surface area (Å²) in [5, 5.41) is 11.6. The zero-order valence-electron chi connectivity index (χ0n) is 10.8. The van der Waals surface area contributed by atoms with Gasteiger partial charge in [-0.1, -0.05) is 18.2 Å². The fraction of sp³-hybridized carbons (Fsp3) is 0.429. The van der Waals surface area contributed by atoms with Gasteiger partial charge in [-0.2, -0.15) is 0 Å². The highest BCUT2D eigenvalue weighted by atomic mass is 16.5. The van der Waals surface area contributed by atoms with E-state index < -0.39 is 17.5 Å². The quantitative estimate of drug-likeness (QED) is 0.814. The number of carbonyl (C=O) groups excluding carboxylic acids is 1. The van der Waals surface area contributed by atoms with Crippen LogP contribution in [0.25, 0.3) is 0 Å². The zero-order valence-corrected chi connectivity index (χ0v) is 10.8. The largest absolute Gasteiger partial charge is 0.481 e. The van der Waals surface area contributed by atoms with Gasteiger partial charge in [0.05, 0.1) is 5.41 Å². The standard InChI is InChI=1S/C14H17NO4/c1-10(19-11-5-3-2-4-6-11)12(16)15-9-14(7-8-14)13(17)18/h2-6,10H,7-9H2,1H3,(H,15,16)(H,17,18). The molecule has 1 fully saturated rings. The van der Waals surface area contributed by atoms with E-state index in [-0.39, 0.29) is 12.5 Å². The van der Waals surface area contributed by atoms with Gasteiger partial charge in [0.1, 0.15) is 5.75 Å². The molecule has 0 aromatic heterocycles. The van der Waals surface area contributed by atoms with Crippen LogP contribution in [0.3, 0.4) is 0 Å². The van der Waals surface area contributed by atoms with E-state index in [2.05, 4.69) is 5.32 Å². The number of benzene rings is 1. The number of ether oxygens (including phenoxy) is 1. The molecule has 102 valence electrons. The molecule has 0 spiro atoms. The van der Waals surface area contributed by atoms with Crippen molar-refractivity contribution in [1.82, 2.24) is 5.32 Å². The third-order valence-electron chi connectivity index (χ3n) is 3.33. The molecule has 1 aromatic rings. The molecule has 0 saturated heterocycles. The predicted molar refractivity (Wildman–Crippen MR) is 68.8 cm³/mol. The van der Waals surface area contributed by atoms with Crippen molar-refractivity contribution in [2.75, 3.05) is 6.54 Å². The van der Waals surface area contributed by atoms with Crippen LogP contribution in [0.15, 0.2) is 30.3 Å². The average Bonchev–Trinajstić information content (AvgIpc) is 3.18. The average molecular weight is 263 g/mol. The maximum Gasteiger partial charge on any atom is 0.311 e. The Morgan fingerprint density at radius 2 is 2.00 bits per heavy atom. The molecule has 1 saturated carbocycles. The summed E-state index contributed by atoms with van der Waals surface area (Å²) >= 11 is 0. The highest BCUT2D eigenvalue weighted by Crippen LogP contribution is 2.45. The van der Waals surface area contributed by atoms with Gasteiger partial charge >= 0.3 is 5.97 Å². The summed E-state index contributed by atoms with van der Waals surface area (Å²) in [5.41, 5.74) is -0.748. The highest BCUT2D eigenvalue weighted by molar-refractivity contribution is 5.83. The molecule has 1 unspecified atom stereocenters. The predicted octanol–water partition coefficient (Wildman–Crippen LogP) is 1.43. The third-order valence-corrected chi connectivity index (χ3v) is 3.33. The Balaban J connectivity index is 1.82. The summed E-state index contributed by atoms with van der Waals surface area (Å²) < 4.78 is 5.46. The van der Waals surface area contributed by atoms with E-state index in [0.717, 1.165) is 0 Å². The lowest BCUT2D eigenvalue weighted by atomic mass is 10.1. The van der Waals surface area contributed by atoms with E-state index in [1.165, 1.54) is 0 Å². The molecule has 2 N–H and O–H groups in total. The lowest BCUT2D eigenvalue weighted by molar-refractivity contribution is -0.143. The van der Waals surface area contributed by atoms with Crippen LogP contribution in [0.5, 0.6) is 5.75 Å². The Labute approximate surface area is 111 Å². The molecule has 1 aliphatic carbocycles. The van der Waals surface area contributed by atoms with Crippen molar-refractivity contribution in [3.05, 3.63) is 30.3 Å². The second kappa shape index (κ2) is 5.30. The molecule has 0 aliphatic heterocycles. The van der Waals surface area contributed by atoms with Crippen molar-refractivity contribution >= 4 is 11.9 Å². The van der Waals surface area contributed by atoms with Gasteiger partial charge in [0.25, 0.3) is 5.91 Å². The van der Waals surface area contributed by atoms with Crippen LogP contribution in [-0.4, -0.2) is 29.6 Å². The van der Waals surface area contributed by atoms with Crippen LogP contribution in [0.1, 0.15) is 19.8 Å². The lowest BCUT2D eigenvalue weighted by Crippen LogP contribution is -2.41. The molecule has 0 radical (unpaired) electrons. The van der Waals surface area contributed by atoms with Crippen molar-refractivity contribution in [2.45, 2.75) is 25.9 Å². The van der Waals surface area contributed by atoms with E-state index in [9.17, 15) is 9.59 Å². The van der Waals surface area contributed by atoms with Crippen molar-refractivity contribution in [2.24, 2.45) is 5.41 Å². The summed E-state index contributed by atoms with van der Waals surface area (Å²) in [5.74, 6) is -0.523. The molecule has 0 bridgehead atoms. The van der Waals surface area contributed by atoms with Gasteiger partial charge in [-0.25, -0.2) is 0 Å². The number of aliphatic carboxylic acids is 1. The van der Waals surface area contributed by atoms with E-state index in [1.807, 2.05) is 18.2 Å². The van der Waals surface area contributed by atoms with Crippen LogP contribution in [0, 0.1) is 5.41 Å². The van der Waals surface area contributed by atoms with Gasteiger partial charge in [0.15, 0.2) is 6.10 Å². The van der Waals surface area contributed by atoms with Gasteiger partial charge in [0, 0.05) is 6.54 Å². The smallest absolute Gasteiger partial charge is 0.311 e. The van der Waals surface area contributed by atoms with Crippen LogP contribution in [0.4, 0.5) is 0 Å². The number of amides is 1. The van der Waals surface area contributed by atoms with Gasteiger partial charge in [-0.05, 0) is 31.9 Å². The minimum atomic E-state index is -0.843. The highest BCUT2D eigenvalue weighted by Gasteiger charge is 2.50. The molecule has 1 atom stereocenters. The summed E-state index contributed by atoms with van der Waals surface area (Å²) in [6, 6.07) is 9.04. The number of rotatable bonds is 6. The molecule has 0 heterocycles. The summed E-state index contributed by atoms with van der Waals surface area (Å²) in [6.07, 6.45) is 0.597. The van der Waals surface area contributed by atoms with Crippen LogP contribution in [0.2, 0.25) is 0 Å². The van der Waals surface area contributed by atoms with Crippen molar-refractivity contribution in [3.63, 3.8) is 0 Å². The number of hydrogen-bond acceptors (Lipinski definition) is 3. The molecule has 1 aliphatic rings. The minimum Gasteiger partial charge on any atom is -0.481 e. The lowest BCUT2D eigenvalue weighted by Gasteiger charge is -2.16. The molecular weight excluding hydrogens is 246 g/mol. The first-order valence-corrected chi connectivity index (χ1v) is 6.26. The molecule has 5 heteroatoms. The number of carbonyl (C=O) groups is 2. The Hall–Kier alpha value is -2.04. The SMILES string of the molecule is CC(Oc1ccccc1)C(=O)NCC1(C(=O)O)CC1. The van der Waals surface area contributed by atoms with Gasteiger partial charge in [-0.15, -0.1) is 0 Å². The second-order valence-electron chi connectivity index (χ2n) is 4.88. The Morgan fingerprint density at radius 1 is 1.37 bits per heavy atom. The first-order valence-electron chi connectivity index (χ1n) is 6.26. The van der Waals surface area contributed by atoms with Gasteiger partial charge in [0.2, 0.25) is 0 Å². The molecule has 19 heavy (non-hydrogen) atoms. The van der Waals surface area contributed by atoms with E-state index in [1.54, 1.807) is 19.1 Å². The molecule has 1 amide bonds. The molecule has 2 rings (SSSR count). The van der Waals surface area contributed by atoms with Gasteiger partial charge < -0.3 is 15.2 Å². The van der Waals surface area contributed by atoms with E-state index >= 15 is 0 Å². The van der Waals surface area contributed by atoms with Gasteiger partial charge in [-0.3, -0.25) is 9.59 Å². The normalized spacial score (nSPS) is 17.3. The Morgan fingerprint density at radius 3 is 2.53 bits per heavy atom. The van der Waals surface area contributed by atoms with Crippen molar-refractivity contribution in [3.8, 4) is 5.75 Å². The first-order chi connectivity index (χ1) is 9.03. The van der Waals surface area contributed by atoms with Crippen LogP contribution < -0.4 is 10.1 Å². The topological polar surface area (TPSA) is 75.6 Å². The minimum absolute atomic E-state index is 0.170. The second-order valence-corrected chi connectivity index (χ2v) is 4.88. The van der Waals surface area contributed by atoms with E-state index in [4.69, 9.17) is 9.84 Å². The monoisotopic (exact) mass is 263 g/mol. The van der Waals surface area contributed by atoms with E-state index in [0.29, 0.717) is 18.6 Å². The zero-order chi connectivity index (χ0) is 13.9. The molecule has 5 nitrogen and oxygen atoms in total. The maximum atomic E-state index is 11.8. The number of nitrogens with one attached hydrogen (secondary N) is 1. The number of para-hydroxylation sites is 1. The fourth-order valence-corrected chi connectivity index (χ4v) is 1.77. The summed E-state index contributed by atoms with van der Waals surface area (Å²) in [6.45, 7) is 1.81. The fourth-order valence-electron chi connectivity index (χ4n) is 1.77. The van der Waals surface area contributed by atoms with Crippen LogP contribution >= 0.6 is 0 Å². The van der Waals surface area contributed by atoms with Crippen molar-refractivity contribution < 1.29 is 19.4 Å². The Bertz CT molecular complexity index is 468. The first kappa shape index (κ1) is 13.4. The summed E-state index contributed by atoms with van der Waals surface area (Å²) in [7, 11) is 0. The summed E-state index contributed by atoms with van der Waals surface area (Å²) in [4.78, 5) is 22.8. The molecular formula is C14H17NO4. The number of carboxylic acid groups (broad SMARTS) is 1. The maximum absolute atomic E-state index is 11.8. The van der Waals surface area contributed by atoms with Crippen molar-refractivity contribution in [1.29, 1.82) is 0 Å². The number of carboxylic acids is 1. The van der Waals surface area contributed by atoms with Crippen LogP contribution in [-0.2, 0) is 9.59 Å². The third kappa shape index (κ3) is 3.24. The molecule has 1 aromatic carbocycles.